The van der Waals surface area contributed by atoms with Crippen molar-refractivity contribution in [3.63, 3.8) is 0 Å². The van der Waals surface area contributed by atoms with Gasteiger partial charge in [0.2, 0.25) is 5.91 Å². The van der Waals surface area contributed by atoms with Crippen LogP contribution in [-0.4, -0.2) is 23.9 Å². The molecule has 166 valence electrons. The second-order valence-electron chi connectivity index (χ2n) is 7.78. The number of esters is 1. The first-order valence-corrected chi connectivity index (χ1v) is 11.6. The molecule has 1 aromatic rings. The number of rotatable bonds is 8. The van der Waals surface area contributed by atoms with E-state index in [0.717, 1.165) is 47.0 Å². The molecule has 1 aromatic carbocycles. The predicted octanol–water partition coefficient (Wildman–Crippen LogP) is 6.49. The van der Waals surface area contributed by atoms with Crippen LogP contribution in [0.3, 0.4) is 0 Å². The van der Waals surface area contributed by atoms with Crippen molar-refractivity contribution in [1.82, 2.24) is 4.90 Å². The van der Waals surface area contributed by atoms with E-state index in [0.29, 0.717) is 6.54 Å². The molecule has 0 heterocycles. The monoisotopic (exact) mass is 485 g/mol. The maximum Gasteiger partial charge on any atom is 0.330 e. The van der Waals surface area contributed by atoms with Crippen LogP contribution >= 0.6 is 15.9 Å². The van der Waals surface area contributed by atoms with Gasteiger partial charge in [0.15, 0.2) is 0 Å². The fourth-order valence-electron chi connectivity index (χ4n) is 3.73. The highest BCUT2D eigenvalue weighted by Gasteiger charge is 2.26. The number of ether oxygens (including phenoxy) is 1. The smallest absolute Gasteiger partial charge is 0.330 e. The summed E-state index contributed by atoms with van der Waals surface area (Å²) >= 11 is 3.47. The Morgan fingerprint density at radius 3 is 2.35 bits per heavy atom. The van der Waals surface area contributed by atoms with E-state index in [1.165, 1.54) is 26.0 Å². The third-order valence-corrected chi connectivity index (χ3v) is 5.98. The lowest BCUT2D eigenvalue weighted by Crippen LogP contribution is -2.34. The van der Waals surface area contributed by atoms with Crippen molar-refractivity contribution in [3.05, 3.63) is 82.5 Å². The molecule has 5 heteroatoms. The maximum absolute atomic E-state index is 13.6. The lowest BCUT2D eigenvalue weighted by atomic mass is 9.98. The fraction of sp³-hybridized carbons (Fsp3) is 0.385. The Morgan fingerprint density at radius 1 is 1.13 bits per heavy atom. The van der Waals surface area contributed by atoms with Crippen LogP contribution in [0.1, 0.15) is 51.0 Å². The standard InChI is InChI=1S/C26H32BrNO3/c1-4-9-21(14-17-25(29)31-3)18-20(2)28(19-22-12-15-24(27)16-13-22)26(30)23-10-7-5-6-8-11-23/h4,9,12-18,23H,1,5-8,10-11,19H2,2-3H3/b17-14+,20-18+,21-9-. The number of hydrogen-bond donors (Lipinski definition) is 0. The average Bonchev–Trinajstić information content (AvgIpc) is 3.06. The Bertz CT molecular complexity index is 844. The fourth-order valence-corrected chi connectivity index (χ4v) is 4.00. The SMILES string of the molecule is C=C/C=C(/C=C/C(=O)OC)\C=C(/C)N(Cc1ccc(Br)cc1)C(=O)C1CCCCCC1. The highest BCUT2D eigenvalue weighted by molar-refractivity contribution is 9.10. The van der Waals surface area contributed by atoms with Crippen LogP contribution in [0.5, 0.6) is 0 Å². The Kier molecular flexibility index (Phi) is 10.5. The van der Waals surface area contributed by atoms with E-state index in [9.17, 15) is 9.59 Å². The number of halogens is 1. The zero-order valence-electron chi connectivity index (χ0n) is 18.5. The van der Waals surface area contributed by atoms with E-state index < -0.39 is 5.97 Å². The van der Waals surface area contributed by atoms with Crippen molar-refractivity contribution in [2.75, 3.05) is 7.11 Å². The van der Waals surface area contributed by atoms with Gasteiger partial charge < -0.3 is 9.64 Å². The van der Waals surface area contributed by atoms with Crippen molar-refractivity contribution in [2.24, 2.45) is 5.92 Å². The first-order valence-electron chi connectivity index (χ1n) is 10.8. The second kappa shape index (κ2) is 13.1. The van der Waals surface area contributed by atoms with Gasteiger partial charge in [-0.15, -0.1) is 0 Å². The Morgan fingerprint density at radius 2 is 1.77 bits per heavy atom. The van der Waals surface area contributed by atoms with Gasteiger partial charge in [0.05, 0.1) is 13.7 Å². The number of hydrogen-bond acceptors (Lipinski definition) is 3. The van der Waals surface area contributed by atoms with Gasteiger partial charge in [-0.2, -0.15) is 0 Å². The Balaban J connectivity index is 2.34. The normalized spacial score (nSPS) is 16.1. The molecular formula is C26H32BrNO3. The third kappa shape index (κ3) is 8.33. The van der Waals surface area contributed by atoms with Crippen molar-refractivity contribution in [3.8, 4) is 0 Å². The highest BCUT2D eigenvalue weighted by Crippen LogP contribution is 2.27. The van der Waals surface area contributed by atoms with Crippen LogP contribution in [0.2, 0.25) is 0 Å². The predicted molar refractivity (Wildman–Crippen MR) is 129 cm³/mol. The largest absolute Gasteiger partial charge is 0.466 e. The van der Waals surface area contributed by atoms with Crippen LogP contribution in [-0.2, 0) is 20.9 Å². The molecule has 1 amide bonds. The molecule has 1 aliphatic rings. The quantitative estimate of drug-likeness (QED) is 0.183. The summed E-state index contributed by atoms with van der Waals surface area (Å²) in [7, 11) is 1.34. The zero-order valence-corrected chi connectivity index (χ0v) is 20.1. The molecule has 1 saturated carbocycles. The number of benzene rings is 1. The van der Waals surface area contributed by atoms with E-state index in [1.54, 1.807) is 18.2 Å². The molecule has 0 N–H and O–H groups in total. The Hall–Kier alpha value is -2.40. The number of methoxy groups -OCH3 is 1. The third-order valence-electron chi connectivity index (χ3n) is 5.45. The minimum atomic E-state index is -0.428. The van der Waals surface area contributed by atoms with E-state index in [-0.39, 0.29) is 11.8 Å². The van der Waals surface area contributed by atoms with Crippen molar-refractivity contribution in [1.29, 1.82) is 0 Å². The molecule has 4 nitrogen and oxygen atoms in total. The molecule has 31 heavy (non-hydrogen) atoms. The zero-order chi connectivity index (χ0) is 22.6. The molecule has 0 saturated heterocycles. The summed E-state index contributed by atoms with van der Waals surface area (Å²) < 4.78 is 5.69. The molecule has 0 aliphatic heterocycles. The van der Waals surface area contributed by atoms with Crippen LogP contribution in [0.4, 0.5) is 0 Å². The number of carbonyl (C=O) groups excluding carboxylic acids is 2. The average molecular weight is 486 g/mol. The van der Waals surface area contributed by atoms with E-state index >= 15 is 0 Å². The molecule has 1 aliphatic carbocycles. The van der Waals surface area contributed by atoms with Crippen molar-refractivity contribution in [2.45, 2.75) is 52.0 Å². The van der Waals surface area contributed by atoms with Crippen LogP contribution in [0.15, 0.2) is 77.0 Å². The lowest BCUT2D eigenvalue weighted by Gasteiger charge is -2.28. The first kappa shape index (κ1) is 24.9. The lowest BCUT2D eigenvalue weighted by molar-refractivity contribution is -0.135. The summed E-state index contributed by atoms with van der Waals surface area (Å²) in [5.41, 5.74) is 2.67. The van der Waals surface area contributed by atoms with Gasteiger partial charge in [-0.05, 0) is 55.2 Å². The summed E-state index contributed by atoms with van der Waals surface area (Å²) in [4.78, 5) is 26.9. The van der Waals surface area contributed by atoms with Gasteiger partial charge in [0.1, 0.15) is 0 Å². The van der Waals surface area contributed by atoms with Gasteiger partial charge in [-0.25, -0.2) is 4.79 Å². The molecule has 1 fully saturated rings. The van der Waals surface area contributed by atoms with Crippen LogP contribution < -0.4 is 0 Å². The molecule has 0 unspecified atom stereocenters. The molecule has 0 radical (unpaired) electrons. The highest BCUT2D eigenvalue weighted by atomic mass is 79.9. The van der Waals surface area contributed by atoms with E-state index in [1.807, 2.05) is 42.2 Å². The summed E-state index contributed by atoms with van der Waals surface area (Å²) in [6.07, 6.45) is 14.9. The first-order chi connectivity index (χ1) is 14.9. The number of nitrogens with zero attached hydrogens (tertiary/aromatic N) is 1. The Labute approximate surface area is 194 Å². The molecule has 0 aromatic heterocycles. The van der Waals surface area contributed by atoms with E-state index in [4.69, 9.17) is 0 Å². The maximum atomic E-state index is 13.6. The number of amides is 1. The summed E-state index contributed by atoms with van der Waals surface area (Å²) in [6.45, 7) is 6.20. The van der Waals surface area contributed by atoms with Gasteiger partial charge in [-0.1, -0.05) is 72.5 Å². The topological polar surface area (TPSA) is 46.6 Å². The number of allylic oxidation sites excluding steroid dienone is 6. The van der Waals surface area contributed by atoms with Gasteiger partial charge >= 0.3 is 5.97 Å². The number of carbonyl (C=O) groups is 2. The summed E-state index contributed by atoms with van der Waals surface area (Å²) in [5, 5.41) is 0. The molecule has 0 bridgehead atoms. The molecule has 2 rings (SSSR count). The van der Waals surface area contributed by atoms with E-state index in [2.05, 4.69) is 27.2 Å². The minimum Gasteiger partial charge on any atom is -0.466 e. The van der Waals surface area contributed by atoms with Crippen LogP contribution in [0, 0.1) is 5.92 Å². The van der Waals surface area contributed by atoms with Gasteiger partial charge in [0.25, 0.3) is 0 Å². The minimum absolute atomic E-state index is 0.0544. The molecule has 0 spiro atoms. The van der Waals surface area contributed by atoms with Crippen molar-refractivity contribution >= 4 is 27.8 Å². The molecule has 0 atom stereocenters. The molecular weight excluding hydrogens is 454 g/mol. The van der Waals surface area contributed by atoms with Gasteiger partial charge in [0, 0.05) is 22.2 Å². The van der Waals surface area contributed by atoms with Crippen molar-refractivity contribution < 1.29 is 14.3 Å². The van der Waals surface area contributed by atoms with Crippen LogP contribution in [0.25, 0.3) is 0 Å². The second-order valence-corrected chi connectivity index (χ2v) is 8.70. The summed E-state index contributed by atoms with van der Waals surface area (Å²) in [6, 6.07) is 8.04. The van der Waals surface area contributed by atoms with Gasteiger partial charge in [-0.3, -0.25) is 4.79 Å². The summed E-state index contributed by atoms with van der Waals surface area (Å²) in [5.74, 6) is -0.200.